The number of allylic oxidation sites excluding steroid dienone is 1. The van der Waals surface area contributed by atoms with Crippen LogP contribution in [0.4, 0.5) is 0 Å². The minimum Gasteiger partial charge on any atom is -0.531 e. The Morgan fingerprint density at radius 1 is 1.48 bits per heavy atom. The molecule has 5 heteroatoms. The van der Waals surface area contributed by atoms with Gasteiger partial charge in [0.25, 0.3) is 0 Å². The van der Waals surface area contributed by atoms with Crippen molar-refractivity contribution < 1.29 is 9.68 Å². The van der Waals surface area contributed by atoms with Gasteiger partial charge in [-0.2, -0.15) is 0 Å². The number of hydrogen-bond acceptors (Lipinski definition) is 4. The highest BCUT2D eigenvalue weighted by atomic mass is 16.5. The van der Waals surface area contributed by atoms with Crippen LogP contribution in [0.5, 0.6) is 5.75 Å². The molecule has 0 aromatic carbocycles. The quantitative estimate of drug-likeness (QED) is 0.770. The average molecular weight is 282 g/mol. The summed E-state index contributed by atoms with van der Waals surface area (Å²) in [5, 5.41) is 13.5. The van der Waals surface area contributed by atoms with Crippen molar-refractivity contribution in [3.63, 3.8) is 0 Å². The summed E-state index contributed by atoms with van der Waals surface area (Å²) in [4.78, 5) is 4.46. The lowest BCUT2D eigenvalue weighted by Gasteiger charge is -2.35. The van der Waals surface area contributed by atoms with Gasteiger partial charge in [-0.1, -0.05) is 19.1 Å². The number of piperidine rings is 1. The van der Waals surface area contributed by atoms with Crippen molar-refractivity contribution >= 4 is 18.8 Å². The van der Waals surface area contributed by atoms with Gasteiger partial charge in [0.2, 0.25) is 0 Å². The molecule has 0 radical (unpaired) electrons. The van der Waals surface area contributed by atoms with E-state index in [4.69, 9.17) is 4.65 Å². The molecule has 2 atom stereocenters. The fourth-order valence-corrected chi connectivity index (χ4v) is 3.68. The van der Waals surface area contributed by atoms with Gasteiger partial charge in [-0.25, -0.2) is 0 Å². The first kappa shape index (κ1) is 13.1. The molecule has 1 aromatic heterocycles. The molecule has 1 aliphatic carbocycles. The SMILES string of the molecule is CC1CCNCC1C1=CB(O)Oc2cnc3c(c21)C=CC3. The van der Waals surface area contributed by atoms with Crippen molar-refractivity contribution in [2.45, 2.75) is 19.8 Å². The summed E-state index contributed by atoms with van der Waals surface area (Å²) in [6, 6.07) is 0. The molecule has 2 unspecified atom stereocenters. The highest BCUT2D eigenvalue weighted by Crippen LogP contribution is 2.43. The largest absolute Gasteiger partial charge is 0.552 e. The Bertz CT molecular complexity index is 641. The smallest absolute Gasteiger partial charge is 0.531 e. The molecule has 0 amide bonds. The van der Waals surface area contributed by atoms with E-state index < -0.39 is 7.12 Å². The molecule has 2 N–H and O–H groups in total. The summed E-state index contributed by atoms with van der Waals surface area (Å²) >= 11 is 0. The van der Waals surface area contributed by atoms with E-state index in [0.717, 1.165) is 37.2 Å². The maximum atomic E-state index is 10.0. The average Bonchev–Trinajstić information content (AvgIpc) is 2.95. The molecule has 1 aromatic rings. The lowest BCUT2D eigenvalue weighted by molar-refractivity contribution is 0.331. The van der Waals surface area contributed by atoms with Crippen molar-refractivity contribution in [3.05, 3.63) is 35.1 Å². The Balaban J connectivity index is 1.84. The van der Waals surface area contributed by atoms with Gasteiger partial charge in [0.05, 0.1) is 11.9 Å². The van der Waals surface area contributed by atoms with Crippen molar-refractivity contribution in [2.75, 3.05) is 13.1 Å². The number of hydrogen-bond donors (Lipinski definition) is 2. The third kappa shape index (κ3) is 2.12. The number of rotatable bonds is 1. The second-order valence-corrected chi connectivity index (χ2v) is 6.17. The minimum absolute atomic E-state index is 0.413. The Morgan fingerprint density at radius 3 is 3.24 bits per heavy atom. The van der Waals surface area contributed by atoms with Gasteiger partial charge in [-0.15, -0.1) is 0 Å². The van der Waals surface area contributed by atoms with Gasteiger partial charge in [-0.05, 0) is 36.3 Å². The highest BCUT2D eigenvalue weighted by Gasteiger charge is 2.34. The Hall–Kier alpha value is -1.59. The predicted molar refractivity (Wildman–Crippen MR) is 83.7 cm³/mol. The van der Waals surface area contributed by atoms with Crippen LogP contribution in [0.2, 0.25) is 0 Å². The van der Waals surface area contributed by atoms with E-state index in [-0.39, 0.29) is 0 Å². The van der Waals surface area contributed by atoms with Gasteiger partial charge >= 0.3 is 7.12 Å². The van der Waals surface area contributed by atoms with Crippen molar-refractivity contribution in [3.8, 4) is 5.75 Å². The first-order valence-corrected chi connectivity index (χ1v) is 7.70. The van der Waals surface area contributed by atoms with Gasteiger partial charge < -0.3 is 15.0 Å². The summed E-state index contributed by atoms with van der Waals surface area (Å²) in [5.41, 5.74) is 4.63. The molecule has 2 aliphatic heterocycles. The molecular weight excluding hydrogens is 263 g/mol. The van der Waals surface area contributed by atoms with Crippen LogP contribution < -0.4 is 9.97 Å². The van der Waals surface area contributed by atoms with Gasteiger partial charge in [-0.3, -0.25) is 4.98 Å². The Kier molecular flexibility index (Phi) is 3.12. The fraction of sp³-hybridized carbons (Fsp3) is 0.438. The molecule has 108 valence electrons. The molecule has 3 heterocycles. The zero-order chi connectivity index (χ0) is 14.4. The zero-order valence-corrected chi connectivity index (χ0v) is 12.2. The van der Waals surface area contributed by atoms with E-state index in [1.165, 1.54) is 11.1 Å². The maximum Gasteiger partial charge on any atom is 0.552 e. The molecule has 0 saturated carbocycles. The molecule has 1 fully saturated rings. The second-order valence-electron chi connectivity index (χ2n) is 6.17. The maximum absolute atomic E-state index is 10.0. The standard InChI is InChI=1S/C16H19BN2O2/c1-10-5-6-18-8-13(10)12-7-17(20)21-15-9-19-14-4-2-3-11(14)16(12)15/h2-3,7,9-10,13,18,20H,4-6,8H2,1H3. The van der Waals surface area contributed by atoms with Crippen LogP contribution >= 0.6 is 0 Å². The summed E-state index contributed by atoms with van der Waals surface area (Å²) in [6.45, 7) is 4.33. The third-order valence-electron chi connectivity index (χ3n) is 4.85. The van der Waals surface area contributed by atoms with Crippen LogP contribution in [-0.4, -0.2) is 30.2 Å². The van der Waals surface area contributed by atoms with Crippen LogP contribution in [0.15, 0.2) is 18.2 Å². The highest BCUT2D eigenvalue weighted by molar-refractivity contribution is 6.52. The van der Waals surface area contributed by atoms with Crippen molar-refractivity contribution in [1.82, 2.24) is 10.3 Å². The van der Waals surface area contributed by atoms with E-state index >= 15 is 0 Å². The van der Waals surface area contributed by atoms with E-state index in [2.05, 4.69) is 29.4 Å². The lowest BCUT2D eigenvalue weighted by Crippen LogP contribution is -2.38. The number of aromatic nitrogens is 1. The minimum atomic E-state index is -0.869. The Labute approximate surface area is 125 Å². The van der Waals surface area contributed by atoms with Crippen molar-refractivity contribution in [2.24, 2.45) is 11.8 Å². The molecular formula is C16H19BN2O2. The van der Waals surface area contributed by atoms with E-state index in [0.29, 0.717) is 17.6 Å². The van der Waals surface area contributed by atoms with Crippen LogP contribution in [0, 0.1) is 11.8 Å². The van der Waals surface area contributed by atoms with Gasteiger partial charge in [0.15, 0.2) is 0 Å². The molecule has 0 bridgehead atoms. The van der Waals surface area contributed by atoms with Gasteiger partial charge in [0.1, 0.15) is 5.75 Å². The summed E-state index contributed by atoms with van der Waals surface area (Å²) in [5.74, 6) is 3.60. The number of nitrogens with one attached hydrogen (secondary N) is 1. The summed E-state index contributed by atoms with van der Waals surface area (Å²) in [6.07, 6.45) is 8.09. The molecule has 21 heavy (non-hydrogen) atoms. The van der Waals surface area contributed by atoms with Crippen molar-refractivity contribution in [1.29, 1.82) is 0 Å². The van der Waals surface area contributed by atoms with Crippen LogP contribution in [0.3, 0.4) is 0 Å². The van der Waals surface area contributed by atoms with Crippen LogP contribution in [-0.2, 0) is 6.42 Å². The number of nitrogens with zero attached hydrogens (tertiary/aromatic N) is 1. The number of pyridine rings is 1. The second kappa shape index (κ2) is 5.00. The first-order valence-electron chi connectivity index (χ1n) is 7.70. The first-order chi connectivity index (χ1) is 10.2. The molecule has 1 saturated heterocycles. The normalized spacial score (nSPS) is 27.0. The fourth-order valence-electron chi connectivity index (χ4n) is 3.68. The molecule has 3 aliphatic rings. The number of fused-ring (bicyclic) bond motifs is 3. The molecule has 0 spiro atoms. The molecule has 4 rings (SSSR count). The van der Waals surface area contributed by atoms with Gasteiger partial charge in [0, 0.05) is 24.1 Å². The monoisotopic (exact) mass is 282 g/mol. The summed E-state index contributed by atoms with van der Waals surface area (Å²) < 4.78 is 5.58. The predicted octanol–water partition coefficient (Wildman–Crippen LogP) is 1.69. The zero-order valence-electron chi connectivity index (χ0n) is 12.2. The van der Waals surface area contributed by atoms with E-state index in [1.54, 1.807) is 6.20 Å². The third-order valence-corrected chi connectivity index (χ3v) is 4.85. The lowest BCUT2D eigenvalue weighted by atomic mass is 9.71. The Morgan fingerprint density at radius 2 is 2.38 bits per heavy atom. The molecule has 4 nitrogen and oxygen atoms in total. The van der Waals surface area contributed by atoms with E-state index in [1.807, 2.05) is 5.98 Å². The topological polar surface area (TPSA) is 54.4 Å². The van der Waals surface area contributed by atoms with Crippen LogP contribution in [0.1, 0.15) is 30.2 Å². The van der Waals surface area contributed by atoms with E-state index in [9.17, 15) is 5.02 Å². The van der Waals surface area contributed by atoms with Crippen LogP contribution in [0.25, 0.3) is 11.6 Å². The summed E-state index contributed by atoms with van der Waals surface area (Å²) in [7, 11) is -0.869.